The van der Waals surface area contributed by atoms with Gasteiger partial charge in [-0.15, -0.1) is 0 Å². The van der Waals surface area contributed by atoms with Gasteiger partial charge in [-0.05, 0) is 85.0 Å². The van der Waals surface area contributed by atoms with Crippen LogP contribution < -0.4 is 0 Å². The van der Waals surface area contributed by atoms with Crippen LogP contribution in [0.4, 0.5) is 0 Å². The predicted octanol–water partition coefficient (Wildman–Crippen LogP) is 5.98. The van der Waals surface area contributed by atoms with Gasteiger partial charge in [-0.1, -0.05) is 43.0 Å². The first kappa shape index (κ1) is 23.7. The van der Waals surface area contributed by atoms with Crippen molar-refractivity contribution in [3.8, 4) is 23.0 Å². The van der Waals surface area contributed by atoms with Crippen LogP contribution >= 0.6 is 11.3 Å². The first-order chi connectivity index (χ1) is 14.3. The van der Waals surface area contributed by atoms with Gasteiger partial charge in [-0.25, -0.2) is 4.79 Å². The first-order valence-corrected chi connectivity index (χ1v) is 11.2. The quantitative estimate of drug-likeness (QED) is 0.400. The van der Waals surface area contributed by atoms with Crippen molar-refractivity contribution in [3.63, 3.8) is 0 Å². The van der Waals surface area contributed by atoms with E-state index in [9.17, 15) is 4.79 Å². The highest BCUT2D eigenvalue weighted by molar-refractivity contribution is 7.08. The lowest BCUT2D eigenvalue weighted by atomic mass is 9.94. The minimum atomic E-state index is -0.932. The zero-order chi connectivity index (χ0) is 22.0. The Morgan fingerprint density at radius 1 is 1.27 bits per heavy atom. The van der Waals surface area contributed by atoms with E-state index in [1.54, 1.807) is 17.4 Å². The van der Waals surface area contributed by atoms with E-state index in [-0.39, 0.29) is 5.41 Å². The third-order valence-electron chi connectivity index (χ3n) is 4.59. The van der Waals surface area contributed by atoms with E-state index in [1.807, 2.05) is 18.2 Å². The Balaban J connectivity index is 2.17. The fourth-order valence-electron chi connectivity index (χ4n) is 3.06. The number of carboxylic acid groups (broad SMARTS) is 1. The zero-order valence-corrected chi connectivity index (χ0v) is 19.1. The fraction of sp³-hybridized carbons (Fsp3) is 0.346. The fourth-order valence-corrected chi connectivity index (χ4v) is 3.71. The molecule has 2 aromatic rings. The summed E-state index contributed by atoms with van der Waals surface area (Å²) < 4.78 is 0. The van der Waals surface area contributed by atoms with E-state index < -0.39 is 5.97 Å². The molecule has 0 spiro atoms. The van der Waals surface area contributed by atoms with Gasteiger partial charge in [0.25, 0.3) is 0 Å². The molecule has 4 heteroatoms. The van der Waals surface area contributed by atoms with Crippen LogP contribution in [-0.2, 0) is 11.2 Å². The molecule has 1 heterocycles. The number of hydrogen-bond donors (Lipinski definition) is 1. The molecule has 30 heavy (non-hydrogen) atoms. The summed E-state index contributed by atoms with van der Waals surface area (Å²) in [5.41, 5.74) is 4.51. The minimum Gasteiger partial charge on any atom is -0.478 e. The summed E-state index contributed by atoms with van der Waals surface area (Å²) in [6.07, 6.45) is 7.81. The summed E-state index contributed by atoms with van der Waals surface area (Å²) in [6, 6.07) is 8.21. The lowest BCUT2D eigenvalue weighted by Gasteiger charge is -2.20. The second-order valence-electron chi connectivity index (χ2n) is 8.12. The number of hydrogen-bond acceptors (Lipinski definition) is 3. The Hall–Kier alpha value is -2.61. The SMILES string of the molecule is CCN(C/C=C/C#CC(C)(C)C)CCc1c(/C=C/C(=O)O)cccc1-c1ccsc1. The van der Waals surface area contributed by atoms with Crippen molar-refractivity contribution in [2.24, 2.45) is 5.41 Å². The van der Waals surface area contributed by atoms with Gasteiger partial charge < -0.3 is 5.11 Å². The maximum Gasteiger partial charge on any atom is 0.328 e. The molecule has 0 aliphatic heterocycles. The molecule has 0 unspecified atom stereocenters. The summed E-state index contributed by atoms with van der Waals surface area (Å²) in [7, 11) is 0. The Morgan fingerprint density at radius 2 is 2.07 bits per heavy atom. The molecule has 1 aromatic carbocycles. The summed E-state index contributed by atoms with van der Waals surface area (Å²) in [4.78, 5) is 13.4. The van der Waals surface area contributed by atoms with Gasteiger partial charge in [0.1, 0.15) is 0 Å². The summed E-state index contributed by atoms with van der Waals surface area (Å²) in [5.74, 6) is 5.41. The highest BCUT2D eigenvalue weighted by atomic mass is 32.1. The summed E-state index contributed by atoms with van der Waals surface area (Å²) in [6.45, 7) is 11.1. The topological polar surface area (TPSA) is 40.5 Å². The Labute approximate surface area is 184 Å². The monoisotopic (exact) mass is 421 g/mol. The van der Waals surface area contributed by atoms with Crippen LogP contribution in [-0.4, -0.2) is 35.6 Å². The van der Waals surface area contributed by atoms with Crippen molar-refractivity contribution in [1.29, 1.82) is 0 Å². The maximum atomic E-state index is 11.0. The van der Waals surface area contributed by atoms with E-state index in [0.717, 1.165) is 31.6 Å². The Morgan fingerprint density at radius 3 is 2.70 bits per heavy atom. The van der Waals surface area contributed by atoms with Gasteiger partial charge in [0.2, 0.25) is 0 Å². The molecule has 1 aromatic heterocycles. The number of nitrogens with zero attached hydrogens (tertiary/aromatic N) is 1. The van der Waals surface area contributed by atoms with Crippen LogP contribution in [0.3, 0.4) is 0 Å². The molecular weight excluding hydrogens is 390 g/mol. The van der Waals surface area contributed by atoms with Gasteiger partial charge >= 0.3 is 5.97 Å². The van der Waals surface area contributed by atoms with Crippen LogP contribution in [0.5, 0.6) is 0 Å². The molecule has 0 aliphatic carbocycles. The Bertz CT molecular complexity index is 938. The third-order valence-corrected chi connectivity index (χ3v) is 5.27. The van der Waals surface area contributed by atoms with Gasteiger partial charge in [0.05, 0.1) is 0 Å². The van der Waals surface area contributed by atoms with E-state index in [1.165, 1.54) is 22.8 Å². The number of aliphatic carboxylic acids is 1. The van der Waals surface area contributed by atoms with Crippen molar-refractivity contribution in [2.75, 3.05) is 19.6 Å². The molecule has 0 atom stereocenters. The van der Waals surface area contributed by atoms with Crippen LogP contribution in [0.25, 0.3) is 17.2 Å². The zero-order valence-electron chi connectivity index (χ0n) is 18.3. The lowest BCUT2D eigenvalue weighted by molar-refractivity contribution is -0.131. The molecular formula is C26H31NO2S. The second kappa shape index (κ2) is 11.5. The predicted molar refractivity (Wildman–Crippen MR) is 129 cm³/mol. The second-order valence-corrected chi connectivity index (χ2v) is 8.90. The smallest absolute Gasteiger partial charge is 0.328 e. The number of carboxylic acids is 1. The largest absolute Gasteiger partial charge is 0.478 e. The Kier molecular flexibility index (Phi) is 9.11. The van der Waals surface area contributed by atoms with E-state index in [4.69, 9.17) is 5.11 Å². The summed E-state index contributed by atoms with van der Waals surface area (Å²) >= 11 is 1.67. The van der Waals surface area contributed by atoms with Crippen molar-refractivity contribution >= 4 is 23.4 Å². The molecule has 3 nitrogen and oxygen atoms in total. The first-order valence-electron chi connectivity index (χ1n) is 10.3. The van der Waals surface area contributed by atoms with Crippen molar-refractivity contribution in [3.05, 3.63) is 64.4 Å². The molecule has 0 radical (unpaired) electrons. The maximum absolute atomic E-state index is 11.0. The van der Waals surface area contributed by atoms with Gasteiger partial charge in [-0.2, -0.15) is 11.3 Å². The molecule has 0 aliphatic rings. The molecule has 0 saturated carbocycles. The van der Waals surface area contributed by atoms with E-state index in [0.29, 0.717) is 0 Å². The van der Waals surface area contributed by atoms with Crippen molar-refractivity contribution in [1.82, 2.24) is 4.90 Å². The van der Waals surface area contributed by atoms with Crippen molar-refractivity contribution in [2.45, 2.75) is 34.1 Å². The molecule has 0 fully saturated rings. The molecule has 0 saturated heterocycles. The molecule has 1 N–H and O–H groups in total. The highest BCUT2D eigenvalue weighted by Gasteiger charge is 2.11. The van der Waals surface area contributed by atoms with Gasteiger partial charge in [-0.3, -0.25) is 4.90 Å². The molecule has 158 valence electrons. The van der Waals surface area contributed by atoms with Crippen LogP contribution in [0.15, 0.2) is 53.3 Å². The number of carbonyl (C=O) groups is 1. The van der Waals surface area contributed by atoms with Crippen LogP contribution in [0, 0.1) is 17.3 Å². The van der Waals surface area contributed by atoms with Crippen LogP contribution in [0.1, 0.15) is 38.8 Å². The van der Waals surface area contributed by atoms with Crippen molar-refractivity contribution < 1.29 is 9.90 Å². The molecule has 0 bridgehead atoms. The number of likely N-dealkylation sites (N-methyl/N-ethyl adjacent to an activating group) is 1. The standard InChI is InChI=1S/C26H31NO2S/c1-5-27(17-8-6-7-16-26(2,3)4)18-14-24-21(12-13-25(28)29)10-9-11-23(24)22-15-19-30-20-22/h6,8-13,15,19-20H,5,14,17-18H2,1-4H3,(H,28,29)/b8-6+,13-12+. The van der Waals surface area contributed by atoms with E-state index >= 15 is 0 Å². The number of benzene rings is 1. The normalized spacial score (nSPS) is 11.9. The molecule has 2 rings (SSSR count). The van der Waals surface area contributed by atoms with Gasteiger partial charge in [0, 0.05) is 24.6 Å². The van der Waals surface area contributed by atoms with E-state index in [2.05, 4.69) is 73.4 Å². The number of rotatable bonds is 9. The summed E-state index contributed by atoms with van der Waals surface area (Å²) in [5, 5.41) is 13.3. The lowest BCUT2D eigenvalue weighted by Crippen LogP contribution is -2.26. The highest BCUT2D eigenvalue weighted by Crippen LogP contribution is 2.29. The minimum absolute atomic E-state index is 0.0139. The average molecular weight is 422 g/mol. The van der Waals surface area contributed by atoms with Crippen LogP contribution in [0.2, 0.25) is 0 Å². The third kappa shape index (κ3) is 8.02. The average Bonchev–Trinajstić information content (AvgIpc) is 3.22. The number of thiophene rings is 1. The molecule has 0 amide bonds. The number of allylic oxidation sites excluding steroid dienone is 1. The van der Waals surface area contributed by atoms with Gasteiger partial charge in [0.15, 0.2) is 0 Å².